The SMILES string of the molecule is CSCC[C@H](NC(=O)[C@H](CC(C)C)NC(=O)[C@H](Cc1cnc[nH]1)NC(=O)CNC(=O)[C@@H](NC(=O)[C@H](C)NC(=O)[C@H](Cc1c[nH]c2ccccc12)NC(=O)[C@H](CCC(N)=O)NC(=O)c1ccc(NC(=O)CNC(=O)CN2CCN(CC(=O)O)CCN(CC(=O)O)CCN(CC(=O)O)CC2)c(O)c1)C(C)C)C(N)=O. The first-order valence-electron chi connectivity index (χ1n) is 34.6. The highest BCUT2D eigenvalue weighted by atomic mass is 32.2. The molecule has 12 amide bonds. The molecule has 586 valence electrons. The molecule has 3 heterocycles. The van der Waals surface area contributed by atoms with Gasteiger partial charge in [-0.05, 0) is 79.9 Å². The molecule has 0 unspecified atom stereocenters. The minimum Gasteiger partial charge on any atom is -0.506 e. The number of primary amides is 2. The van der Waals surface area contributed by atoms with E-state index >= 15 is 0 Å². The average Bonchev–Trinajstić information content (AvgIpc) is 1.58. The van der Waals surface area contributed by atoms with E-state index in [1.165, 1.54) is 37.3 Å². The third-order valence-corrected chi connectivity index (χ3v) is 17.7. The number of H-pyrrole nitrogens is 2. The number of amides is 12. The van der Waals surface area contributed by atoms with Gasteiger partial charge in [0.2, 0.25) is 65.0 Å². The molecule has 4 aromatic rings. The third kappa shape index (κ3) is 30.7. The summed E-state index contributed by atoms with van der Waals surface area (Å²) in [6, 6.07) is 0.995. The lowest BCUT2D eigenvalue weighted by Gasteiger charge is -2.32. The Hall–Kier alpha value is -10.8. The molecule has 2 aromatic heterocycles. The fourth-order valence-electron chi connectivity index (χ4n) is 11.3. The highest BCUT2D eigenvalue weighted by Gasteiger charge is 2.35. The maximum absolute atomic E-state index is 14.5. The van der Waals surface area contributed by atoms with Crippen LogP contribution < -0.4 is 64.6 Å². The Morgan fingerprint density at radius 1 is 0.561 bits per heavy atom. The first-order chi connectivity index (χ1) is 50.7. The van der Waals surface area contributed by atoms with Crippen LogP contribution in [-0.4, -0.2) is 290 Å². The number of phenolic OH excluding ortho intramolecular Hbond substituents is 1. The van der Waals surface area contributed by atoms with Crippen molar-refractivity contribution in [2.45, 2.75) is 115 Å². The van der Waals surface area contributed by atoms with Crippen molar-refractivity contribution in [1.82, 2.24) is 82.4 Å². The summed E-state index contributed by atoms with van der Waals surface area (Å²) >= 11 is 1.45. The van der Waals surface area contributed by atoms with Crippen LogP contribution in [0.4, 0.5) is 5.69 Å². The molecule has 0 saturated carbocycles. The highest BCUT2D eigenvalue weighted by molar-refractivity contribution is 7.98. The summed E-state index contributed by atoms with van der Waals surface area (Å²) in [4.78, 5) is 214. The minimum absolute atomic E-state index is 0.116. The Morgan fingerprint density at radius 2 is 1.10 bits per heavy atom. The van der Waals surface area contributed by atoms with Crippen LogP contribution >= 0.6 is 11.8 Å². The van der Waals surface area contributed by atoms with Crippen molar-refractivity contribution >= 4 is 117 Å². The monoisotopic (exact) mass is 1520 g/mol. The zero-order valence-corrected chi connectivity index (χ0v) is 61.3. The lowest BCUT2D eigenvalue weighted by atomic mass is 10.0. The summed E-state index contributed by atoms with van der Waals surface area (Å²) in [5.74, 6) is -14.2. The van der Waals surface area contributed by atoms with Gasteiger partial charge >= 0.3 is 17.9 Å². The smallest absolute Gasteiger partial charge is 0.317 e. The van der Waals surface area contributed by atoms with Crippen LogP contribution in [-0.2, 0) is 80.0 Å². The number of aromatic nitrogens is 3. The predicted molar refractivity (Wildman–Crippen MR) is 389 cm³/mol. The van der Waals surface area contributed by atoms with Crippen molar-refractivity contribution in [3.05, 3.63) is 78.0 Å². The van der Waals surface area contributed by atoms with Crippen LogP contribution in [0.2, 0.25) is 0 Å². The number of imidazole rings is 1. The summed E-state index contributed by atoms with van der Waals surface area (Å²) in [6.45, 7) is 6.55. The van der Waals surface area contributed by atoms with Crippen molar-refractivity contribution < 1.29 is 92.3 Å². The molecule has 1 aliphatic rings. The number of hydrogen-bond acceptors (Lipinski definition) is 22. The number of phenols is 1. The molecule has 0 radical (unpaired) electrons. The maximum atomic E-state index is 14.5. The number of nitrogens with one attached hydrogen (secondary N) is 12. The number of para-hydroxylation sites is 1. The van der Waals surface area contributed by atoms with E-state index in [4.69, 9.17) is 11.5 Å². The average molecular weight is 1520 g/mol. The molecule has 1 fully saturated rings. The Morgan fingerprint density at radius 3 is 1.64 bits per heavy atom. The van der Waals surface area contributed by atoms with Crippen LogP contribution in [0.1, 0.15) is 81.9 Å². The van der Waals surface area contributed by atoms with Crippen molar-refractivity contribution in [2.24, 2.45) is 23.3 Å². The van der Waals surface area contributed by atoms with Gasteiger partial charge in [-0.3, -0.25) is 91.5 Å². The summed E-state index contributed by atoms with van der Waals surface area (Å²) < 4.78 is 0. The molecule has 1 aliphatic heterocycles. The van der Waals surface area contributed by atoms with Gasteiger partial charge in [0.05, 0.1) is 51.3 Å². The van der Waals surface area contributed by atoms with E-state index in [0.717, 1.165) is 12.1 Å². The zero-order valence-electron chi connectivity index (χ0n) is 60.5. The third-order valence-electron chi connectivity index (χ3n) is 17.1. The van der Waals surface area contributed by atoms with Gasteiger partial charge in [0.1, 0.15) is 48.0 Å². The second-order valence-corrected chi connectivity index (χ2v) is 27.5. The number of hydrogen-bond donors (Lipinski definition) is 18. The molecule has 38 nitrogen and oxygen atoms in total. The molecule has 20 N–H and O–H groups in total. The molecule has 0 spiro atoms. The number of carboxylic acid groups (broad SMARTS) is 3. The second-order valence-electron chi connectivity index (χ2n) is 26.5. The number of carboxylic acids is 3. The Kier molecular flexibility index (Phi) is 35.4. The van der Waals surface area contributed by atoms with E-state index in [-0.39, 0.29) is 121 Å². The molecule has 0 aliphatic carbocycles. The zero-order chi connectivity index (χ0) is 79.0. The molecule has 39 heteroatoms. The summed E-state index contributed by atoms with van der Waals surface area (Å²) in [6.07, 6.45) is 5.40. The topological polar surface area (TPSA) is 567 Å². The van der Waals surface area contributed by atoms with E-state index in [1.54, 1.807) is 63.9 Å². The standard InChI is InChI=1S/C68H99N19O19S/c1-38(2)25-49(66(104)79-47(61(70)99)15-24-107-6)81-67(105)51(28-43-30-71-37-75-43)78-55(91)32-74-68(106)60(39(3)4)83-62(100)40(5)76-65(103)50(26-42-29-72-45-10-8-7-9-44(42)45)82-64(102)48(13-14-53(69)89)80-63(101)41-11-12-46(52(88)27-41)77-54(90)31-73-56(92)33-84-16-18-85(34-57(93)94)20-22-87(36-59(97)98)23-21-86(19-17-84)35-58(95)96/h7-12,27,29-30,37-40,47-51,60,72,88H,13-26,28,31-36H2,1-6H3,(H2,69,89)(H2,70,99)(H,71,75)(H,73,92)(H,74,106)(H,76,103)(H,77,90)(H,78,91)(H,79,104)(H,80,101)(H,81,105)(H,82,102)(H,83,100)(H,93,94)(H,95,96)(H,97,98)/t40-,47-,48-,49-,50-,51-,60-/m0/s1. The van der Waals surface area contributed by atoms with Crippen LogP contribution in [0.25, 0.3) is 10.9 Å². The molecule has 0 bridgehead atoms. The van der Waals surface area contributed by atoms with Crippen molar-refractivity contribution in [3.63, 3.8) is 0 Å². The molecule has 107 heavy (non-hydrogen) atoms. The van der Waals surface area contributed by atoms with Crippen LogP contribution in [0.15, 0.2) is 61.2 Å². The highest BCUT2D eigenvalue weighted by Crippen LogP contribution is 2.25. The Bertz CT molecular complexity index is 3730. The largest absolute Gasteiger partial charge is 0.506 e. The Labute approximate surface area is 620 Å². The van der Waals surface area contributed by atoms with Crippen LogP contribution in [0, 0.1) is 11.8 Å². The molecular formula is C68H99N19O19S. The number of nitrogens with zero attached hydrogens (tertiary/aromatic N) is 5. The number of aromatic hydroxyl groups is 1. The van der Waals surface area contributed by atoms with E-state index in [1.807, 2.05) is 20.1 Å². The molecule has 1 saturated heterocycles. The summed E-state index contributed by atoms with van der Waals surface area (Å²) in [7, 11) is 0. The van der Waals surface area contributed by atoms with Gasteiger partial charge in [-0.1, -0.05) is 45.9 Å². The van der Waals surface area contributed by atoms with Gasteiger partial charge in [-0.2, -0.15) is 11.8 Å². The van der Waals surface area contributed by atoms with E-state index in [0.29, 0.717) is 27.9 Å². The number of nitrogens with two attached hydrogens (primary N) is 2. The first kappa shape index (κ1) is 86.9. The Balaban J connectivity index is 1.23. The van der Waals surface area contributed by atoms with Crippen LogP contribution in [0.5, 0.6) is 5.75 Å². The van der Waals surface area contributed by atoms with E-state index in [9.17, 15) is 92.3 Å². The van der Waals surface area contributed by atoms with Gasteiger partial charge in [-0.25, -0.2) is 4.98 Å². The fraction of sp³-hybridized carbons (Fsp3) is 0.529. The fourth-order valence-corrected chi connectivity index (χ4v) is 11.8. The van der Waals surface area contributed by atoms with Gasteiger partial charge in [-0.15, -0.1) is 0 Å². The molecule has 5 rings (SSSR count). The quantitative estimate of drug-likeness (QED) is 0.0188. The number of carbonyl (C=O) groups excluding carboxylic acids is 12. The van der Waals surface area contributed by atoms with Gasteiger partial charge in [0.25, 0.3) is 5.91 Å². The number of aliphatic carboxylic acids is 3. The normalized spacial score (nSPS) is 15.4. The number of rotatable bonds is 41. The number of benzene rings is 2. The molecule has 2 aromatic carbocycles. The number of anilines is 1. The lowest BCUT2D eigenvalue weighted by Crippen LogP contribution is -2.59. The number of thioether (sulfide) groups is 1. The van der Waals surface area contributed by atoms with Gasteiger partial charge < -0.3 is 95.0 Å². The second kappa shape index (κ2) is 43.6. The number of fused-ring (bicyclic) bond motifs is 1. The van der Waals surface area contributed by atoms with Crippen molar-refractivity contribution in [2.75, 3.05) is 109 Å². The minimum atomic E-state index is -1.59. The molecule has 7 atom stereocenters. The number of carbonyl (C=O) groups is 15. The maximum Gasteiger partial charge on any atom is 0.317 e. The lowest BCUT2D eigenvalue weighted by molar-refractivity contribution is -0.140. The van der Waals surface area contributed by atoms with E-state index < -0.39 is 169 Å². The van der Waals surface area contributed by atoms with Gasteiger partial charge in [0.15, 0.2) is 0 Å². The molecular weight excluding hydrogens is 1420 g/mol. The van der Waals surface area contributed by atoms with Gasteiger partial charge in [0, 0.05) is 106 Å². The van der Waals surface area contributed by atoms with Crippen LogP contribution in [0.3, 0.4) is 0 Å². The first-order valence-corrected chi connectivity index (χ1v) is 36.0. The van der Waals surface area contributed by atoms with E-state index in [2.05, 4.69) is 68.1 Å². The summed E-state index contributed by atoms with van der Waals surface area (Å²) in [5, 5.41) is 65.8. The van der Waals surface area contributed by atoms with Crippen molar-refractivity contribution in [3.8, 4) is 5.75 Å². The number of aromatic amines is 2. The van der Waals surface area contributed by atoms with Crippen molar-refractivity contribution in [1.29, 1.82) is 0 Å². The predicted octanol–water partition coefficient (Wildman–Crippen LogP) is -4.04. The summed E-state index contributed by atoms with van der Waals surface area (Å²) in [5.41, 5.74) is 12.2.